The van der Waals surface area contributed by atoms with Crippen LogP contribution in [0.5, 0.6) is 5.75 Å². The largest absolute Gasteiger partial charge is 0.506 e. The van der Waals surface area contributed by atoms with E-state index in [1.165, 1.54) is 6.07 Å². The molecule has 1 aromatic carbocycles. The molecule has 0 radical (unpaired) electrons. The smallest absolute Gasteiger partial charge is 0.144 e. The number of nitrogen functional groups attached to an aromatic ring is 1. The second-order valence-electron chi connectivity index (χ2n) is 3.86. The van der Waals surface area contributed by atoms with Gasteiger partial charge in [-0.2, -0.15) is 0 Å². The highest BCUT2D eigenvalue weighted by atomic mass is 19.1. The molecule has 5 nitrogen and oxygen atoms in total. The Bertz CT molecular complexity index is 725. The predicted molar refractivity (Wildman–Crippen MR) is 64.9 cm³/mol. The van der Waals surface area contributed by atoms with E-state index in [1.807, 2.05) is 0 Å². The number of aromatic nitrogens is 3. The molecule has 0 saturated heterocycles. The first-order chi connectivity index (χ1) is 8.65. The van der Waals surface area contributed by atoms with Gasteiger partial charge in [0, 0.05) is 29.9 Å². The maximum atomic E-state index is 13.4. The number of hydrogen-bond donors (Lipinski definition) is 2. The van der Waals surface area contributed by atoms with E-state index < -0.39 is 5.82 Å². The number of phenols is 1. The quantitative estimate of drug-likeness (QED) is 0.684. The van der Waals surface area contributed by atoms with Gasteiger partial charge < -0.3 is 15.4 Å². The Labute approximate surface area is 101 Å². The summed E-state index contributed by atoms with van der Waals surface area (Å²) >= 11 is 0. The number of fused-ring (bicyclic) bond motifs is 1. The number of nitrogens with zero attached hydrogens (tertiary/aromatic N) is 3. The Kier molecular flexibility index (Phi) is 2.16. The highest BCUT2D eigenvalue weighted by Crippen LogP contribution is 2.30. The molecule has 0 saturated carbocycles. The molecular weight excluding hydrogens is 235 g/mol. The third-order valence-electron chi connectivity index (χ3n) is 2.64. The Morgan fingerprint density at radius 1 is 1.28 bits per heavy atom. The van der Waals surface area contributed by atoms with E-state index in [0.717, 1.165) is 6.07 Å². The SMILES string of the molecule is Nc1cc(-n2ccnc2)c2cc(F)cc(O)c2n1. The molecule has 3 aromatic rings. The Hall–Kier alpha value is -2.63. The third-order valence-corrected chi connectivity index (χ3v) is 2.64. The van der Waals surface area contributed by atoms with Crippen LogP contribution in [0.3, 0.4) is 0 Å². The average Bonchev–Trinajstić information content (AvgIpc) is 2.83. The monoisotopic (exact) mass is 244 g/mol. The molecule has 0 aliphatic heterocycles. The maximum Gasteiger partial charge on any atom is 0.144 e. The van der Waals surface area contributed by atoms with Crippen molar-refractivity contribution in [2.75, 3.05) is 5.73 Å². The minimum atomic E-state index is -0.534. The first-order valence-corrected chi connectivity index (χ1v) is 5.22. The molecule has 0 bridgehead atoms. The van der Waals surface area contributed by atoms with Crippen molar-refractivity contribution < 1.29 is 9.50 Å². The van der Waals surface area contributed by atoms with Gasteiger partial charge in [0.15, 0.2) is 0 Å². The number of anilines is 1. The van der Waals surface area contributed by atoms with E-state index in [2.05, 4.69) is 9.97 Å². The Morgan fingerprint density at radius 2 is 2.11 bits per heavy atom. The van der Waals surface area contributed by atoms with Crippen LogP contribution in [-0.4, -0.2) is 19.6 Å². The molecule has 0 aliphatic carbocycles. The molecule has 2 heterocycles. The van der Waals surface area contributed by atoms with Crippen LogP contribution >= 0.6 is 0 Å². The molecule has 0 aliphatic rings. The summed E-state index contributed by atoms with van der Waals surface area (Å²) in [6.07, 6.45) is 4.87. The van der Waals surface area contributed by atoms with Crippen LogP contribution < -0.4 is 5.73 Å². The van der Waals surface area contributed by atoms with Gasteiger partial charge in [0.05, 0.1) is 12.0 Å². The molecule has 0 fully saturated rings. The molecule has 18 heavy (non-hydrogen) atoms. The van der Waals surface area contributed by atoms with Gasteiger partial charge >= 0.3 is 0 Å². The average molecular weight is 244 g/mol. The van der Waals surface area contributed by atoms with Crippen LogP contribution in [0.25, 0.3) is 16.6 Å². The zero-order valence-electron chi connectivity index (χ0n) is 9.21. The normalized spacial score (nSPS) is 10.9. The fraction of sp³-hybridized carbons (Fsp3) is 0. The van der Waals surface area contributed by atoms with Crippen molar-refractivity contribution in [1.82, 2.24) is 14.5 Å². The summed E-state index contributed by atoms with van der Waals surface area (Å²) < 4.78 is 15.1. The summed E-state index contributed by atoms with van der Waals surface area (Å²) in [6.45, 7) is 0. The van der Waals surface area contributed by atoms with Crippen LogP contribution in [0.15, 0.2) is 36.9 Å². The topological polar surface area (TPSA) is 77.0 Å². The van der Waals surface area contributed by atoms with Gasteiger partial charge in [-0.1, -0.05) is 0 Å². The minimum absolute atomic E-state index is 0.237. The summed E-state index contributed by atoms with van der Waals surface area (Å²) in [5.74, 6) is -0.528. The lowest BCUT2D eigenvalue weighted by atomic mass is 10.1. The van der Waals surface area contributed by atoms with E-state index in [4.69, 9.17) is 5.73 Å². The van der Waals surface area contributed by atoms with Gasteiger partial charge in [0.2, 0.25) is 0 Å². The summed E-state index contributed by atoms with van der Waals surface area (Å²) in [5, 5.41) is 10.2. The Balaban J connectivity index is 2.44. The molecule has 2 aromatic heterocycles. The summed E-state index contributed by atoms with van der Waals surface area (Å²) in [7, 11) is 0. The molecular formula is C12H9FN4O. The van der Waals surface area contributed by atoms with E-state index in [9.17, 15) is 9.50 Å². The number of aromatic hydroxyl groups is 1. The second-order valence-corrected chi connectivity index (χ2v) is 3.86. The van der Waals surface area contributed by atoms with Crippen LogP contribution in [0.4, 0.5) is 10.2 Å². The predicted octanol–water partition coefficient (Wildman–Crippen LogP) is 1.85. The van der Waals surface area contributed by atoms with Crippen molar-refractivity contribution in [2.24, 2.45) is 0 Å². The highest BCUT2D eigenvalue weighted by Gasteiger charge is 2.11. The van der Waals surface area contributed by atoms with Crippen molar-refractivity contribution in [3.63, 3.8) is 0 Å². The van der Waals surface area contributed by atoms with Crippen molar-refractivity contribution in [3.05, 3.63) is 42.7 Å². The van der Waals surface area contributed by atoms with Gasteiger partial charge in [-0.25, -0.2) is 14.4 Å². The first-order valence-electron chi connectivity index (χ1n) is 5.22. The zero-order valence-corrected chi connectivity index (χ0v) is 9.21. The van der Waals surface area contributed by atoms with E-state index in [-0.39, 0.29) is 17.1 Å². The molecule has 90 valence electrons. The summed E-state index contributed by atoms with van der Waals surface area (Å²) in [6, 6.07) is 3.91. The van der Waals surface area contributed by atoms with Gasteiger partial charge in [0.25, 0.3) is 0 Å². The van der Waals surface area contributed by atoms with Crippen molar-refractivity contribution in [1.29, 1.82) is 0 Å². The number of benzene rings is 1. The number of nitrogens with two attached hydrogens (primary N) is 1. The maximum absolute atomic E-state index is 13.4. The number of halogens is 1. The summed E-state index contributed by atoms with van der Waals surface area (Å²) in [5.41, 5.74) is 6.57. The van der Waals surface area contributed by atoms with E-state index >= 15 is 0 Å². The van der Waals surface area contributed by atoms with Crippen LogP contribution in [0.2, 0.25) is 0 Å². The molecule has 0 unspecified atom stereocenters. The summed E-state index contributed by atoms with van der Waals surface area (Å²) in [4.78, 5) is 7.94. The zero-order chi connectivity index (χ0) is 12.7. The number of pyridine rings is 1. The van der Waals surface area contributed by atoms with Crippen molar-refractivity contribution >= 4 is 16.7 Å². The number of phenolic OH excluding ortho intramolecular Hbond substituents is 1. The van der Waals surface area contributed by atoms with Crippen LogP contribution in [-0.2, 0) is 0 Å². The van der Waals surface area contributed by atoms with Gasteiger partial charge in [-0.15, -0.1) is 0 Å². The molecule has 3 rings (SSSR count). The van der Waals surface area contributed by atoms with Gasteiger partial charge in [-0.3, -0.25) is 0 Å². The van der Waals surface area contributed by atoms with E-state index in [1.54, 1.807) is 29.4 Å². The van der Waals surface area contributed by atoms with Gasteiger partial charge in [0.1, 0.15) is 22.9 Å². The lowest BCUT2D eigenvalue weighted by Gasteiger charge is -2.09. The molecule has 0 amide bonds. The number of hydrogen-bond acceptors (Lipinski definition) is 4. The molecule has 3 N–H and O–H groups in total. The van der Waals surface area contributed by atoms with Gasteiger partial charge in [-0.05, 0) is 6.07 Å². The highest BCUT2D eigenvalue weighted by molar-refractivity contribution is 5.92. The lowest BCUT2D eigenvalue weighted by molar-refractivity contribution is 0.474. The second kappa shape index (κ2) is 3.69. The fourth-order valence-electron chi connectivity index (χ4n) is 1.89. The lowest BCUT2D eigenvalue weighted by Crippen LogP contribution is -1.98. The Morgan fingerprint density at radius 3 is 2.83 bits per heavy atom. The van der Waals surface area contributed by atoms with Crippen LogP contribution in [0, 0.1) is 5.82 Å². The first kappa shape index (κ1) is 10.5. The third kappa shape index (κ3) is 1.55. The van der Waals surface area contributed by atoms with Crippen LogP contribution in [0.1, 0.15) is 0 Å². The molecule has 6 heteroatoms. The van der Waals surface area contributed by atoms with Crippen molar-refractivity contribution in [3.8, 4) is 11.4 Å². The molecule has 0 spiro atoms. The number of imidazole rings is 1. The van der Waals surface area contributed by atoms with E-state index in [0.29, 0.717) is 11.1 Å². The molecule has 0 atom stereocenters. The van der Waals surface area contributed by atoms with Crippen molar-refractivity contribution in [2.45, 2.75) is 0 Å². The minimum Gasteiger partial charge on any atom is -0.506 e. The number of rotatable bonds is 1. The standard InChI is InChI=1S/C12H9FN4O/c13-7-3-8-9(17-2-1-15-6-17)5-11(14)16-12(8)10(18)4-7/h1-6,18H,(H2,14,16). The fourth-order valence-corrected chi connectivity index (χ4v) is 1.89.